The smallest absolute Gasteiger partial charge is 0.242 e. The van der Waals surface area contributed by atoms with Crippen LogP contribution >= 0.6 is 12.6 Å². The predicted molar refractivity (Wildman–Crippen MR) is 77.8 cm³/mol. The van der Waals surface area contributed by atoms with Gasteiger partial charge in [-0.2, -0.15) is 12.6 Å². The minimum absolute atomic E-state index is 0.163. The molecule has 2 amide bonds. The monoisotopic (exact) mass is 305 g/mol. The Balaban J connectivity index is 0.00000172. The summed E-state index contributed by atoms with van der Waals surface area (Å²) in [5, 5.41) is -0.510. The first-order valence-corrected chi connectivity index (χ1v) is 7.30. The summed E-state index contributed by atoms with van der Waals surface area (Å²) in [4.78, 5) is 34.0. The number of nitrogens with zero attached hydrogens (tertiary/aromatic N) is 1. The molecule has 0 aromatic heterocycles. The second-order valence-corrected chi connectivity index (χ2v) is 4.41. The molecule has 0 N–H and O–H groups in total. The Hall–Kier alpha value is -0.920. The number of ether oxygens (including phenoxy) is 2. The Morgan fingerprint density at radius 3 is 2.30 bits per heavy atom. The summed E-state index contributed by atoms with van der Waals surface area (Å²) in [6, 6.07) is 0. The molecule has 1 saturated heterocycles. The Labute approximate surface area is 125 Å². The molecule has 6 nitrogen and oxygen atoms in total. The van der Waals surface area contributed by atoms with E-state index in [9.17, 15) is 14.4 Å². The molecule has 7 heteroatoms. The number of hydrogen-bond acceptors (Lipinski definition) is 6. The molecule has 0 spiro atoms. The van der Waals surface area contributed by atoms with Gasteiger partial charge >= 0.3 is 0 Å². The molecule has 1 rings (SSSR count). The zero-order valence-electron chi connectivity index (χ0n) is 12.0. The first kappa shape index (κ1) is 19.1. The Morgan fingerprint density at radius 2 is 1.80 bits per heavy atom. The van der Waals surface area contributed by atoms with Crippen molar-refractivity contribution in [3.8, 4) is 0 Å². The number of aldehydes is 1. The molecule has 0 aliphatic carbocycles. The van der Waals surface area contributed by atoms with E-state index in [-0.39, 0.29) is 31.4 Å². The van der Waals surface area contributed by atoms with Gasteiger partial charge in [0.05, 0.1) is 38.2 Å². The third-order valence-corrected chi connectivity index (χ3v) is 2.83. The zero-order valence-corrected chi connectivity index (χ0v) is 12.9. The van der Waals surface area contributed by atoms with E-state index in [0.717, 1.165) is 6.29 Å². The fraction of sp³-hybridized carbons (Fsp3) is 0.769. The average Bonchev–Trinajstić information content (AvgIpc) is 2.70. The topological polar surface area (TPSA) is 72.9 Å². The van der Waals surface area contributed by atoms with E-state index < -0.39 is 5.25 Å². The lowest BCUT2D eigenvalue weighted by Crippen LogP contribution is -2.34. The van der Waals surface area contributed by atoms with Crippen LogP contribution < -0.4 is 0 Å². The third-order valence-electron chi connectivity index (χ3n) is 2.43. The van der Waals surface area contributed by atoms with Crippen LogP contribution in [0.1, 0.15) is 26.7 Å². The Kier molecular flexibility index (Phi) is 11.3. The standard InChI is InChI=1S/C11H17NO5S.C2H6/c13-3-1-4-16-6-7-17-5-2-12-10(14)8-9(18)11(12)15;1-2/h3,9,18H,1-2,4-8H2;1-2H3. The van der Waals surface area contributed by atoms with Crippen LogP contribution in [0.15, 0.2) is 0 Å². The molecule has 1 aliphatic heterocycles. The maximum atomic E-state index is 11.5. The van der Waals surface area contributed by atoms with Crippen LogP contribution in [0.5, 0.6) is 0 Å². The minimum Gasteiger partial charge on any atom is -0.379 e. The van der Waals surface area contributed by atoms with Gasteiger partial charge < -0.3 is 14.3 Å². The second kappa shape index (κ2) is 11.9. The van der Waals surface area contributed by atoms with Crippen LogP contribution in [0.2, 0.25) is 0 Å². The maximum Gasteiger partial charge on any atom is 0.242 e. The molecular weight excluding hydrogens is 282 g/mol. The number of rotatable bonds is 9. The van der Waals surface area contributed by atoms with Crippen molar-refractivity contribution in [3.05, 3.63) is 0 Å². The fourth-order valence-corrected chi connectivity index (χ4v) is 1.81. The Bertz CT molecular complexity index is 311. The van der Waals surface area contributed by atoms with E-state index in [0.29, 0.717) is 26.2 Å². The number of imide groups is 1. The summed E-state index contributed by atoms with van der Waals surface area (Å²) in [5.41, 5.74) is 0. The van der Waals surface area contributed by atoms with E-state index in [1.165, 1.54) is 4.90 Å². The Morgan fingerprint density at radius 1 is 1.20 bits per heavy atom. The third kappa shape index (κ3) is 7.02. The van der Waals surface area contributed by atoms with Gasteiger partial charge in [-0.1, -0.05) is 13.8 Å². The minimum atomic E-state index is -0.510. The lowest BCUT2D eigenvalue weighted by atomic mass is 10.4. The molecular formula is C13H23NO5S. The van der Waals surface area contributed by atoms with Crippen LogP contribution in [0.3, 0.4) is 0 Å². The highest BCUT2D eigenvalue weighted by molar-refractivity contribution is 7.81. The fourth-order valence-electron chi connectivity index (χ4n) is 1.51. The summed E-state index contributed by atoms with van der Waals surface area (Å²) < 4.78 is 10.3. The summed E-state index contributed by atoms with van der Waals surface area (Å²) in [7, 11) is 0. The second-order valence-electron chi connectivity index (χ2n) is 3.78. The average molecular weight is 305 g/mol. The normalized spacial score (nSPS) is 17.9. The predicted octanol–water partition coefficient (Wildman–Crippen LogP) is 0.692. The molecule has 0 radical (unpaired) electrons. The molecule has 0 saturated carbocycles. The molecule has 0 aromatic rings. The molecule has 0 aromatic carbocycles. The van der Waals surface area contributed by atoms with Gasteiger partial charge in [-0.3, -0.25) is 14.5 Å². The van der Waals surface area contributed by atoms with Gasteiger partial charge in [0.1, 0.15) is 6.29 Å². The molecule has 1 fully saturated rings. The highest BCUT2D eigenvalue weighted by Crippen LogP contribution is 2.16. The molecule has 20 heavy (non-hydrogen) atoms. The van der Waals surface area contributed by atoms with Crippen LogP contribution in [0.4, 0.5) is 0 Å². The van der Waals surface area contributed by atoms with Gasteiger partial charge in [-0.25, -0.2) is 0 Å². The van der Waals surface area contributed by atoms with Gasteiger partial charge in [0.15, 0.2) is 0 Å². The lowest BCUT2D eigenvalue weighted by molar-refractivity contribution is -0.139. The van der Waals surface area contributed by atoms with Gasteiger partial charge in [-0.05, 0) is 0 Å². The molecule has 1 unspecified atom stereocenters. The number of thiol groups is 1. The zero-order chi connectivity index (χ0) is 15.4. The van der Waals surface area contributed by atoms with Gasteiger partial charge in [0.25, 0.3) is 0 Å². The van der Waals surface area contributed by atoms with Crippen molar-refractivity contribution in [2.75, 3.05) is 33.0 Å². The van der Waals surface area contributed by atoms with E-state index >= 15 is 0 Å². The van der Waals surface area contributed by atoms with E-state index in [2.05, 4.69) is 12.6 Å². The molecule has 116 valence electrons. The van der Waals surface area contributed by atoms with Gasteiger partial charge in [0.2, 0.25) is 11.8 Å². The van der Waals surface area contributed by atoms with E-state index in [4.69, 9.17) is 9.47 Å². The van der Waals surface area contributed by atoms with Gasteiger partial charge in [-0.15, -0.1) is 0 Å². The number of hydrogen-bond donors (Lipinski definition) is 1. The quantitative estimate of drug-likeness (QED) is 0.294. The van der Waals surface area contributed by atoms with Crippen molar-refractivity contribution in [3.63, 3.8) is 0 Å². The number of amides is 2. The van der Waals surface area contributed by atoms with Crippen molar-refractivity contribution < 1.29 is 23.9 Å². The number of carbonyl (C=O) groups is 3. The van der Waals surface area contributed by atoms with Crippen LogP contribution in [-0.4, -0.2) is 61.2 Å². The summed E-state index contributed by atoms with van der Waals surface area (Å²) in [6.45, 7) is 5.69. The van der Waals surface area contributed by atoms with Crippen molar-refractivity contribution in [2.24, 2.45) is 0 Å². The van der Waals surface area contributed by atoms with Crippen LogP contribution in [0, 0.1) is 0 Å². The largest absolute Gasteiger partial charge is 0.379 e. The summed E-state index contributed by atoms with van der Waals surface area (Å²) >= 11 is 4.02. The van der Waals surface area contributed by atoms with Crippen molar-refractivity contribution in [1.82, 2.24) is 4.90 Å². The van der Waals surface area contributed by atoms with E-state index in [1.54, 1.807) is 0 Å². The van der Waals surface area contributed by atoms with Crippen molar-refractivity contribution >= 4 is 30.7 Å². The first-order chi connectivity index (χ1) is 9.66. The van der Waals surface area contributed by atoms with Crippen molar-refractivity contribution in [1.29, 1.82) is 0 Å². The molecule has 1 heterocycles. The SMILES string of the molecule is CC.O=CCCOCCOCCN1C(=O)CC(S)C1=O. The lowest BCUT2D eigenvalue weighted by Gasteiger charge is -2.13. The first-order valence-electron chi connectivity index (χ1n) is 6.78. The highest BCUT2D eigenvalue weighted by Gasteiger charge is 2.35. The highest BCUT2D eigenvalue weighted by atomic mass is 32.1. The van der Waals surface area contributed by atoms with E-state index in [1.807, 2.05) is 13.8 Å². The number of carbonyl (C=O) groups excluding carboxylic acids is 3. The maximum absolute atomic E-state index is 11.5. The molecule has 0 bridgehead atoms. The number of likely N-dealkylation sites (tertiary alicyclic amines) is 1. The van der Waals surface area contributed by atoms with Gasteiger partial charge in [0, 0.05) is 12.8 Å². The van der Waals surface area contributed by atoms with Crippen LogP contribution in [-0.2, 0) is 23.9 Å². The van der Waals surface area contributed by atoms with Crippen molar-refractivity contribution in [2.45, 2.75) is 31.9 Å². The summed E-state index contributed by atoms with van der Waals surface area (Å²) in [5.74, 6) is -0.458. The van der Waals surface area contributed by atoms with Crippen LogP contribution in [0.25, 0.3) is 0 Å². The molecule has 1 aliphatic rings. The molecule has 1 atom stereocenters. The summed E-state index contributed by atoms with van der Waals surface area (Å²) in [6.07, 6.45) is 1.33.